The van der Waals surface area contributed by atoms with E-state index >= 15 is 0 Å². The summed E-state index contributed by atoms with van der Waals surface area (Å²) in [5.41, 5.74) is 0. The fourth-order valence-electron chi connectivity index (χ4n) is 10.7. The van der Waals surface area contributed by atoms with E-state index in [-0.39, 0.29) is 32.2 Å². The van der Waals surface area contributed by atoms with E-state index in [9.17, 15) is 19.5 Å². The minimum atomic E-state index is -1.52. The first-order chi connectivity index (χ1) is 46.6. The number of esters is 2. The quantitative estimate of drug-likeness (QED) is 0.0211. The second-order valence-electron chi connectivity index (χ2n) is 26.9. The first kappa shape index (κ1) is 90.2. The van der Waals surface area contributed by atoms with Crippen molar-refractivity contribution in [3.05, 3.63) is 146 Å². The van der Waals surface area contributed by atoms with Crippen LogP contribution in [0.5, 0.6) is 0 Å². The number of carbonyl (C=O) groups is 3. The Morgan fingerprint density at radius 1 is 0.326 bits per heavy atom. The molecule has 0 aromatic heterocycles. The van der Waals surface area contributed by atoms with Crippen LogP contribution in [0.1, 0.15) is 322 Å². The fourth-order valence-corrected chi connectivity index (χ4v) is 10.7. The Morgan fingerprint density at radius 3 is 0.895 bits per heavy atom. The Morgan fingerprint density at radius 2 is 0.600 bits per heavy atom. The first-order valence-electron chi connectivity index (χ1n) is 39.0. The Hall–Kier alpha value is -4.83. The second kappa shape index (κ2) is 75.0. The summed E-state index contributed by atoms with van der Waals surface area (Å²) in [7, 11) is 5.98. The second-order valence-corrected chi connectivity index (χ2v) is 26.9. The lowest BCUT2D eigenvalue weighted by Gasteiger charge is -2.25. The zero-order valence-corrected chi connectivity index (χ0v) is 62.0. The van der Waals surface area contributed by atoms with Crippen molar-refractivity contribution < 1.29 is 42.9 Å². The SMILES string of the molecule is CC/C=C\C/C=C\C/C=C\C/C=C\C/C=C\C/C=C\C/C=C\C/C=C\C/C=C\C/C=C\CCCCCCCCCCC(=O)OC(COC(=O)CCCCCCCCCCCCCCCCCCCCC/C=C\C/C=C\CCCCCCC)COC(OCC[N+](C)(C)C)C(=O)O. The number of carbonyl (C=O) groups excluding carboxylic acids is 2. The number of rotatable bonds is 71. The van der Waals surface area contributed by atoms with E-state index in [1.54, 1.807) is 0 Å². The molecule has 0 fully saturated rings. The van der Waals surface area contributed by atoms with Crippen LogP contribution in [0.15, 0.2) is 146 Å². The van der Waals surface area contributed by atoms with Gasteiger partial charge in [0.05, 0.1) is 34.4 Å². The van der Waals surface area contributed by atoms with E-state index in [2.05, 4.69) is 160 Å². The molecule has 0 saturated carbocycles. The summed E-state index contributed by atoms with van der Waals surface area (Å²) in [6.07, 6.45) is 107. The summed E-state index contributed by atoms with van der Waals surface area (Å²) >= 11 is 0. The van der Waals surface area contributed by atoms with E-state index < -0.39 is 24.3 Å². The van der Waals surface area contributed by atoms with E-state index in [0.717, 1.165) is 116 Å². The van der Waals surface area contributed by atoms with Crippen molar-refractivity contribution in [3.63, 3.8) is 0 Å². The van der Waals surface area contributed by atoms with Gasteiger partial charge in [0.15, 0.2) is 6.10 Å². The molecule has 0 aliphatic rings. The third-order valence-corrected chi connectivity index (χ3v) is 16.6. The Kier molecular flexibility index (Phi) is 71.1. The first-order valence-corrected chi connectivity index (χ1v) is 39.0. The van der Waals surface area contributed by atoms with Gasteiger partial charge in [-0.15, -0.1) is 0 Å². The molecule has 9 heteroatoms. The largest absolute Gasteiger partial charge is 0.477 e. The number of hydrogen-bond donors (Lipinski definition) is 1. The van der Waals surface area contributed by atoms with Crippen molar-refractivity contribution in [2.75, 3.05) is 47.5 Å². The third kappa shape index (κ3) is 76.4. The predicted molar refractivity (Wildman–Crippen MR) is 410 cm³/mol. The molecule has 9 nitrogen and oxygen atoms in total. The lowest BCUT2D eigenvalue weighted by atomic mass is 10.0. The molecule has 0 aromatic rings. The van der Waals surface area contributed by atoms with Gasteiger partial charge in [0, 0.05) is 12.8 Å². The molecule has 95 heavy (non-hydrogen) atoms. The number of likely N-dealkylation sites (N-methyl/N-ethyl adjacent to an activating group) is 1. The Labute approximate surface area is 585 Å². The molecule has 0 aromatic carbocycles. The number of nitrogens with zero attached hydrogens (tertiary/aromatic N) is 1. The van der Waals surface area contributed by atoms with Crippen molar-refractivity contribution in [1.82, 2.24) is 0 Å². The van der Waals surface area contributed by atoms with Gasteiger partial charge in [0.2, 0.25) is 0 Å². The molecule has 0 amide bonds. The van der Waals surface area contributed by atoms with Crippen LogP contribution in [0, 0.1) is 0 Å². The number of carboxylic acids is 1. The van der Waals surface area contributed by atoms with E-state index in [4.69, 9.17) is 18.9 Å². The minimum Gasteiger partial charge on any atom is -0.477 e. The van der Waals surface area contributed by atoms with Crippen LogP contribution in [0.25, 0.3) is 0 Å². The van der Waals surface area contributed by atoms with Crippen molar-refractivity contribution in [2.24, 2.45) is 0 Å². The highest BCUT2D eigenvalue weighted by Gasteiger charge is 2.25. The van der Waals surface area contributed by atoms with Crippen LogP contribution in [0.4, 0.5) is 0 Å². The smallest absolute Gasteiger partial charge is 0.361 e. The number of hydrogen-bond acceptors (Lipinski definition) is 7. The molecule has 0 spiro atoms. The van der Waals surface area contributed by atoms with Gasteiger partial charge in [-0.25, -0.2) is 4.79 Å². The Bertz CT molecular complexity index is 2080. The monoisotopic (exact) mass is 1320 g/mol. The Balaban J connectivity index is 4.12. The normalized spacial score (nSPS) is 13.5. The molecular weight excluding hydrogens is 1170 g/mol. The van der Waals surface area contributed by atoms with Crippen molar-refractivity contribution in [3.8, 4) is 0 Å². The topological polar surface area (TPSA) is 108 Å². The summed E-state index contributed by atoms with van der Waals surface area (Å²) in [4.78, 5) is 37.7. The summed E-state index contributed by atoms with van der Waals surface area (Å²) in [6.45, 7) is 4.76. The van der Waals surface area contributed by atoms with Crippen LogP contribution in [-0.4, -0.2) is 87.4 Å². The van der Waals surface area contributed by atoms with Gasteiger partial charge in [0.1, 0.15) is 13.2 Å². The van der Waals surface area contributed by atoms with Crippen LogP contribution in [-0.2, 0) is 33.3 Å². The maximum Gasteiger partial charge on any atom is 0.361 e. The molecule has 2 unspecified atom stereocenters. The summed E-state index contributed by atoms with van der Waals surface area (Å²) in [5, 5.41) is 9.77. The van der Waals surface area contributed by atoms with Gasteiger partial charge < -0.3 is 28.5 Å². The summed E-state index contributed by atoms with van der Waals surface area (Å²) in [5.74, 6) is -2.01. The number of ether oxygens (including phenoxy) is 4. The van der Waals surface area contributed by atoms with Crippen molar-refractivity contribution >= 4 is 17.9 Å². The van der Waals surface area contributed by atoms with Crippen LogP contribution < -0.4 is 0 Å². The number of allylic oxidation sites excluding steroid dienone is 24. The van der Waals surface area contributed by atoms with E-state index in [1.807, 2.05) is 21.1 Å². The average Bonchev–Trinajstić information content (AvgIpc) is 2.92. The van der Waals surface area contributed by atoms with Crippen LogP contribution in [0.3, 0.4) is 0 Å². The van der Waals surface area contributed by atoms with Crippen LogP contribution in [0.2, 0.25) is 0 Å². The number of unbranched alkanes of at least 4 members (excludes halogenated alkanes) is 32. The van der Waals surface area contributed by atoms with Gasteiger partial charge >= 0.3 is 17.9 Å². The maximum atomic E-state index is 13.0. The van der Waals surface area contributed by atoms with Gasteiger partial charge in [-0.3, -0.25) is 9.59 Å². The number of quaternary nitrogens is 1. The number of aliphatic carboxylic acids is 1. The lowest BCUT2D eigenvalue weighted by Crippen LogP contribution is -2.40. The molecule has 1 N–H and O–H groups in total. The molecule has 0 aliphatic heterocycles. The van der Waals surface area contributed by atoms with Gasteiger partial charge in [0.25, 0.3) is 6.29 Å². The van der Waals surface area contributed by atoms with E-state index in [1.165, 1.54) is 173 Å². The highest BCUT2D eigenvalue weighted by atomic mass is 16.7. The molecule has 0 aliphatic carbocycles. The zero-order valence-electron chi connectivity index (χ0n) is 62.0. The van der Waals surface area contributed by atoms with Gasteiger partial charge in [-0.05, 0) is 122 Å². The molecule has 2 atom stereocenters. The molecule has 0 rings (SSSR count). The molecule has 542 valence electrons. The fraction of sp³-hybridized carbons (Fsp3) is 0.686. The molecule has 0 saturated heterocycles. The highest BCUT2D eigenvalue weighted by molar-refractivity contribution is 5.71. The molecule has 0 bridgehead atoms. The molecule has 0 radical (unpaired) electrons. The van der Waals surface area contributed by atoms with E-state index in [0.29, 0.717) is 23.9 Å². The van der Waals surface area contributed by atoms with Crippen LogP contribution >= 0.6 is 0 Å². The standard InChI is InChI=1S/C86H145NO8/c1-6-8-10-12-14-16-18-20-22-24-26-28-30-32-34-36-38-39-40-41-42-43-44-45-47-49-51-53-55-57-59-61-63-65-67-69-71-73-75-77-84(89)95-82(81-94-86(85(90)91)92-79-78-87(3,4)5)80-93-83(88)76-74-72-70-68-66-64-62-60-58-56-54-52-50-48-46-37-35-33-31-29-27-25-23-21-19-17-15-13-11-9-7-2/h8,10,14,16,19-22,25-28,32,34,38-39,41-42,44-45,49,51,55,57,82,86H,6-7,9,11-13,15,17-18,23-24,29-31,33,35-37,40,43,46-48,50,52-54,56,58-81H2,1-5H3/p+1/b10-8-,16-14-,21-19-,22-20-,27-25-,28-26-,34-32-,39-38-,42-41-,45-44-,51-49-,57-55-. The van der Waals surface area contributed by atoms with Gasteiger partial charge in [-0.2, -0.15) is 0 Å². The minimum absolute atomic E-state index is 0.180. The van der Waals surface area contributed by atoms with Crippen molar-refractivity contribution in [2.45, 2.75) is 334 Å². The lowest BCUT2D eigenvalue weighted by molar-refractivity contribution is -0.870. The van der Waals surface area contributed by atoms with Gasteiger partial charge in [-0.1, -0.05) is 333 Å². The number of carboxylic acid groups (broad SMARTS) is 1. The predicted octanol–water partition coefficient (Wildman–Crippen LogP) is 25.0. The average molecular weight is 1320 g/mol. The maximum absolute atomic E-state index is 13.0. The zero-order chi connectivity index (χ0) is 69.0. The van der Waals surface area contributed by atoms with Crippen molar-refractivity contribution in [1.29, 1.82) is 0 Å². The summed E-state index contributed by atoms with van der Waals surface area (Å²) < 4.78 is 23.0. The summed E-state index contributed by atoms with van der Waals surface area (Å²) in [6, 6.07) is 0. The molecular formula is C86H146NO8+. The highest BCUT2D eigenvalue weighted by Crippen LogP contribution is 2.18. The molecule has 0 heterocycles. The third-order valence-electron chi connectivity index (χ3n) is 16.6.